The summed E-state index contributed by atoms with van der Waals surface area (Å²) < 4.78 is 10.2. The van der Waals surface area contributed by atoms with Gasteiger partial charge in [-0.25, -0.2) is 4.79 Å². The van der Waals surface area contributed by atoms with Crippen molar-refractivity contribution in [1.29, 1.82) is 0 Å². The van der Waals surface area contributed by atoms with E-state index in [9.17, 15) is 19.2 Å². The van der Waals surface area contributed by atoms with E-state index in [-0.39, 0.29) is 26.1 Å². The fourth-order valence-electron chi connectivity index (χ4n) is 3.51. The van der Waals surface area contributed by atoms with Crippen molar-refractivity contribution in [1.82, 2.24) is 15.5 Å². The first kappa shape index (κ1) is 30.9. The molecule has 0 saturated heterocycles. The Morgan fingerprint density at radius 1 is 0.972 bits per heavy atom. The maximum absolute atomic E-state index is 13.4. The molecule has 0 fully saturated rings. The molecule has 0 radical (unpaired) electrons. The molecule has 1 rings (SSSR count). The molecule has 0 bridgehead atoms. The molecule has 1 aromatic carbocycles. The molecular formula is C27H43N3O6. The van der Waals surface area contributed by atoms with E-state index in [0.29, 0.717) is 18.5 Å². The molecule has 0 aromatic heterocycles. The van der Waals surface area contributed by atoms with Gasteiger partial charge in [0.1, 0.15) is 18.2 Å². The van der Waals surface area contributed by atoms with Gasteiger partial charge >= 0.3 is 12.1 Å². The van der Waals surface area contributed by atoms with Gasteiger partial charge < -0.3 is 25.0 Å². The number of amides is 3. The minimum absolute atomic E-state index is 0.0326. The molecular weight excluding hydrogens is 462 g/mol. The van der Waals surface area contributed by atoms with Crippen LogP contribution in [0.5, 0.6) is 0 Å². The zero-order chi connectivity index (χ0) is 27.1. The molecule has 0 spiro atoms. The smallest absolute Gasteiger partial charge is 0.408 e. The fourth-order valence-corrected chi connectivity index (χ4v) is 3.51. The van der Waals surface area contributed by atoms with E-state index >= 15 is 0 Å². The van der Waals surface area contributed by atoms with Gasteiger partial charge in [-0.2, -0.15) is 0 Å². The highest BCUT2D eigenvalue weighted by Gasteiger charge is 2.31. The summed E-state index contributed by atoms with van der Waals surface area (Å²) in [6.45, 7) is 11.4. The van der Waals surface area contributed by atoms with Crippen LogP contribution in [0.2, 0.25) is 0 Å². The van der Waals surface area contributed by atoms with E-state index in [4.69, 9.17) is 9.47 Å². The van der Waals surface area contributed by atoms with Crippen LogP contribution < -0.4 is 10.6 Å². The number of carbonyl (C=O) groups is 4. The molecule has 36 heavy (non-hydrogen) atoms. The number of nitrogens with one attached hydrogen (secondary N) is 2. The molecule has 3 amide bonds. The Balaban J connectivity index is 3.12. The second kappa shape index (κ2) is 15.8. The van der Waals surface area contributed by atoms with Crippen LogP contribution in [0.15, 0.2) is 24.3 Å². The van der Waals surface area contributed by atoms with Gasteiger partial charge in [0, 0.05) is 13.1 Å². The average molecular weight is 506 g/mol. The summed E-state index contributed by atoms with van der Waals surface area (Å²) in [6.07, 6.45) is 3.00. The molecule has 202 valence electrons. The number of benzene rings is 1. The standard InChI is InChI=1S/C27H43N3O6/c1-7-9-10-11-18-30(22(31)19-29-26(34)36-27(4,5)6)24(21-14-12-20(3)13-15-21)25(33)28-17-16-23(32)35-8-2/h12-15,24H,7-11,16-19H2,1-6H3,(H,28,33)(H,29,34). The summed E-state index contributed by atoms with van der Waals surface area (Å²) in [4.78, 5) is 52.0. The van der Waals surface area contributed by atoms with Crippen LogP contribution in [-0.4, -0.2) is 60.6 Å². The second-order valence-electron chi connectivity index (χ2n) is 9.66. The summed E-state index contributed by atoms with van der Waals surface area (Å²) in [5.74, 6) is -1.20. The van der Waals surface area contributed by atoms with Gasteiger partial charge in [-0.3, -0.25) is 14.4 Å². The summed E-state index contributed by atoms with van der Waals surface area (Å²) in [7, 11) is 0. The number of alkyl carbamates (subject to hydrolysis) is 1. The molecule has 0 saturated carbocycles. The van der Waals surface area contributed by atoms with Gasteiger partial charge in [-0.1, -0.05) is 56.0 Å². The molecule has 1 unspecified atom stereocenters. The molecule has 9 heteroatoms. The maximum atomic E-state index is 13.4. The van der Waals surface area contributed by atoms with E-state index in [1.807, 2.05) is 31.2 Å². The Labute approximate surface area is 215 Å². The first-order valence-corrected chi connectivity index (χ1v) is 12.7. The normalized spacial score (nSPS) is 11.8. The van der Waals surface area contributed by atoms with E-state index in [1.165, 1.54) is 4.90 Å². The Bertz CT molecular complexity index is 848. The summed E-state index contributed by atoms with van der Waals surface area (Å²) in [5, 5.41) is 5.27. The van der Waals surface area contributed by atoms with Crippen LogP contribution in [0.1, 0.15) is 83.9 Å². The van der Waals surface area contributed by atoms with Crippen molar-refractivity contribution in [3.05, 3.63) is 35.4 Å². The highest BCUT2D eigenvalue weighted by atomic mass is 16.6. The third-order valence-corrected chi connectivity index (χ3v) is 5.24. The van der Waals surface area contributed by atoms with Gasteiger partial charge in [0.2, 0.25) is 11.8 Å². The van der Waals surface area contributed by atoms with Crippen LogP contribution in [0.25, 0.3) is 0 Å². The van der Waals surface area contributed by atoms with Gasteiger partial charge in [-0.05, 0) is 46.6 Å². The molecule has 0 aliphatic rings. The molecule has 0 aliphatic heterocycles. The quantitative estimate of drug-likeness (QED) is 0.291. The molecule has 1 aromatic rings. The average Bonchev–Trinajstić information content (AvgIpc) is 2.79. The van der Waals surface area contributed by atoms with Crippen LogP contribution in [0, 0.1) is 6.92 Å². The zero-order valence-electron chi connectivity index (χ0n) is 22.6. The minimum atomic E-state index is -0.914. The van der Waals surface area contributed by atoms with Gasteiger partial charge in [0.25, 0.3) is 0 Å². The van der Waals surface area contributed by atoms with E-state index in [1.54, 1.807) is 27.7 Å². The third kappa shape index (κ3) is 12.0. The van der Waals surface area contributed by atoms with Crippen LogP contribution in [0.4, 0.5) is 4.79 Å². The number of hydrogen-bond donors (Lipinski definition) is 2. The summed E-state index contributed by atoms with van der Waals surface area (Å²) >= 11 is 0. The van der Waals surface area contributed by atoms with Gasteiger partial charge in [-0.15, -0.1) is 0 Å². The van der Waals surface area contributed by atoms with Crippen LogP contribution >= 0.6 is 0 Å². The Kier molecular flexibility index (Phi) is 13.6. The lowest BCUT2D eigenvalue weighted by atomic mass is 10.0. The Morgan fingerprint density at radius 2 is 1.64 bits per heavy atom. The predicted octanol–water partition coefficient (Wildman–Crippen LogP) is 4.04. The highest BCUT2D eigenvalue weighted by molar-refractivity contribution is 5.90. The largest absolute Gasteiger partial charge is 0.466 e. The van der Waals surface area contributed by atoms with Crippen LogP contribution in [0.3, 0.4) is 0 Å². The van der Waals surface area contributed by atoms with Gasteiger partial charge in [0.15, 0.2) is 0 Å². The van der Waals surface area contributed by atoms with Crippen LogP contribution in [-0.2, 0) is 23.9 Å². The van der Waals surface area contributed by atoms with Crippen molar-refractivity contribution in [2.45, 2.75) is 85.3 Å². The molecule has 0 heterocycles. The lowest BCUT2D eigenvalue weighted by Crippen LogP contribution is -2.48. The number of esters is 1. The number of hydrogen-bond acceptors (Lipinski definition) is 6. The number of ether oxygens (including phenoxy) is 2. The van der Waals surface area contributed by atoms with Crippen molar-refractivity contribution in [2.24, 2.45) is 0 Å². The van der Waals surface area contributed by atoms with E-state index in [0.717, 1.165) is 24.8 Å². The third-order valence-electron chi connectivity index (χ3n) is 5.24. The molecule has 9 nitrogen and oxygen atoms in total. The van der Waals surface area contributed by atoms with E-state index < -0.39 is 35.5 Å². The van der Waals surface area contributed by atoms with Crippen molar-refractivity contribution in [2.75, 3.05) is 26.2 Å². The molecule has 2 N–H and O–H groups in total. The second-order valence-corrected chi connectivity index (χ2v) is 9.66. The number of aryl methyl sites for hydroxylation is 1. The molecule has 1 atom stereocenters. The highest BCUT2D eigenvalue weighted by Crippen LogP contribution is 2.23. The Hall–Kier alpha value is -3.10. The predicted molar refractivity (Wildman–Crippen MR) is 138 cm³/mol. The van der Waals surface area contributed by atoms with E-state index in [2.05, 4.69) is 17.6 Å². The SMILES string of the molecule is CCCCCCN(C(=O)CNC(=O)OC(C)(C)C)C(C(=O)NCCC(=O)OCC)c1ccc(C)cc1. The topological polar surface area (TPSA) is 114 Å². The Morgan fingerprint density at radius 3 is 2.22 bits per heavy atom. The molecule has 0 aliphatic carbocycles. The first-order valence-electron chi connectivity index (χ1n) is 12.7. The number of nitrogens with zero attached hydrogens (tertiary/aromatic N) is 1. The minimum Gasteiger partial charge on any atom is -0.466 e. The van der Waals surface area contributed by atoms with Crippen molar-refractivity contribution < 1.29 is 28.7 Å². The number of unbranched alkanes of at least 4 members (excludes halogenated alkanes) is 3. The van der Waals surface area contributed by atoms with Crippen molar-refractivity contribution in [3.8, 4) is 0 Å². The lowest BCUT2D eigenvalue weighted by molar-refractivity contribution is -0.143. The lowest BCUT2D eigenvalue weighted by Gasteiger charge is -2.32. The zero-order valence-corrected chi connectivity index (χ0v) is 22.6. The van der Waals surface area contributed by atoms with Crippen molar-refractivity contribution >= 4 is 23.9 Å². The fraction of sp³-hybridized carbons (Fsp3) is 0.630. The maximum Gasteiger partial charge on any atom is 0.408 e. The van der Waals surface area contributed by atoms with Gasteiger partial charge in [0.05, 0.1) is 13.0 Å². The monoisotopic (exact) mass is 505 g/mol. The first-order chi connectivity index (χ1) is 17.0. The summed E-state index contributed by atoms with van der Waals surface area (Å²) in [5.41, 5.74) is 0.971. The van der Waals surface area contributed by atoms with Crippen molar-refractivity contribution in [3.63, 3.8) is 0 Å². The number of rotatable bonds is 14. The summed E-state index contributed by atoms with van der Waals surface area (Å²) in [6, 6.07) is 6.49. The number of carbonyl (C=O) groups excluding carboxylic acids is 4.